The quantitative estimate of drug-likeness (QED) is 0.138. The Morgan fingerprint density at radius 3 is 1.43 bits per heavy atom. The Balaban J connectivity index is 0. The SMILES string of the molecule is CCCCCCCCCCCCCCCCCC(=O)OC(=O)C(N)C(C)C.[NaH]. The van der Waals surface area contributed by atoms with Crippen LogP contribution in [0.25, 0.3) is 0 Å². The molecule has 28 heavy (non-hydrogen) atoms. The van der Waals surface area contributed by atoms with Crippen LogP contribution in [0, 0.1) is 5.92 Å². The van der Waals surface area contributed by atoms with E-state index in [2.05, 4.69) is 6.92 Å². The van der Waals surface area contributed by atoms with E-state index in [1.165, 1.54) is 77.0 Å². The summed E-state index contributed by atoms with van der Waals surface area (Å²) in [6.45, 7) is 5.94. The van der Waals surface area contributed by atoms with E-state index in [-0.39, 0.29) is 35.5 Å². The van der Waals surface area contributed by atoms with Crippen molar-refractivity contribution in [3.8, 4) is 0 Å². The Bertz CT molecular complexity index is 375. The minimum absolute atomic E-state index is 0. The molecule has 5 heteroatoms. The molecule has 0 heterocycles. The van der Waals surface area contributed by atoms with Crippen molar-refractivity contribution >= 4 is 41.5 Å². The molecule has 0 rings (SSSR count). The van der Waals surface area contributed by atoms with Gasteiger partial charge in [0.1, 0.15) is 6.04 Å². The zero-order valence-corrected chi connectivity index (χ0v) is 18.3. The van der Waals surface area contributed by atoms with Gasteiger partial charge in [0.15, 0.2) is 0 Å². The number of hydrogen-bond acceptors (Lipinski definition) is 4. The maximum absolute atomic E-state index is 11.6. The second-order valence-corrected chi connectivity index (χ2v) is 8.26. The van der Waals surface area contributed by atoms with Crippen molar-refractivity contribution in [3.63, 3.8) is 0 Å². The van der Waals surface area contributed by atoms with Crippen LogP contribution < -0.4 is 5.73 Å². The molecule has 0 aliphatic heterocycles. The van der Waals surface area contributed by atoms with Crippen LogP contribution in [0.1, 0.15) is 124 Å². The number of hydrogen-bond donors (Lipinski definition) is 1. The molecular weight excluding hydrogens is 361 g/mol. The van der Waals surface area contributed by atoms with Crippen molar-refractivity contribution in [1.29, 1.82) is 0 Å². The monoisotopic (exact) mass is 407 g/mol. The fraction of sp³-hybridized carbons (Fsp3) is 0.913. The van der Waals surface area contributed by atoms with Gasteiger partial charge in [-0.2, -0.15) is 0 Å². The summed E-state index contributed by atoms with van der Waals surface area (Å²) in [4.78, 5) is 23.2. The van der Waals surface area contributed by atoms with E-state index in [9.17, 15) is 9.59 Å². The molecule has 1 unspecified atom stereocenters. The molecule has 0 spiro atoms. The molecule has 0 saturated carbocycles. The molecule has 0 amide bonds. The average molecular weight is 408 g/mol. The van der Waals surface area contributed by atoms with E-state index in [0.29, 0.717) is 6.42 Å². The van der Waals surface area contributed by atoms with Crippen molar-refractivity contribution in [2.24, 2.45) is 11.7 Å². The number of esters is 2. The molecule has 0 aromatic rings. The zero-order chi connectivity index (χ0) is 20.3. The normalized spacial score (nSPS) is 11.9. The molecule has 0 aromatic heterocycles. The van der Waals surface area contributed by atoms with Gasteiger partial charge < -0.3 is 10.5 Å². The van der Waals surface area contributed by atoms with Gasteiger partial charge in [-0.15, -0.1) is 0 Å². The average Bonchev–Trinajstić information content (AvgIpc) is 2.64. The molecule has 0 fully saturated rings. The number of rotatable bonds is 18. The van der Waals surface area contributed by atoms with Crippen molar-refractivity contribution in [3.05, 3.63) is 0 Å². The number of carbonyl (C=O) groups is 2. The van der Waals surface area contributed by atoms with Crippen molar-refractivity contribution in [2.75, 3.05) is 0 Å². The number of unbranched alkanes of at least 4 members (excludes halogenated alkanes) is 14. The first-order chi connectivity index (χ1) is 13.0. The van der Waals surface area contributed by atoms with Crippen molar-refractivity contribution in [2.45, 2.75) is 130 Å². The van der Waals surface area contributed by atoms with Gasteiger partial charge in [0.05, 0.1) is 0 Å². The molecule has 0 radical (unpaired) electrons. The van der Waals surface area contributed by atoms with Crippen LogP contribution in [0.15, 0.2) is 0 Å². The van der Waals surface area contributed by atoms with Gasteiger partial charge in [0.25, 0.3) is 0 Å². The maximum atomic E-state index is 11.6. The first-order valence-corrected chi connectivity index (χ1v) is 11.5. The molecule has 2 N–H and O–H groups in total. The van der Waals surface area contributed by atoms with Gasteiger partial charge in [-0.05, 0) is 12.3 Å². The second-order valence-electron chi connectivity index (χ2n) is 8.26. The fourth-order valence-corrected chi connectivity index (χ4v) is 3.14. The Labute approximate surface area is 196 Å². The minimum atomic E-state index is -0.713. The fourth-order valence-electron chi connectivity index (χ4n) is 3.14. The number of nitrogens with two attached hydrogens (primary N) is 1. The molecule has 0 aliphatic rings. The third kappa shape index (κ3) is 19.4. The predicted octanol–water partition coefficient (Wildman–Crippen LogP) is 5.65. The standard InChI is InChI=1S/C23H45NO3.Na.H/c1-4-5-6-7-8-9-10-11-12-13-14-15-16-17-18-19-21(25)27-23(26)22(24)20(2)3;;/h20,22H,4-19,24H2,1-3H3;;. The topological polar surface area (TPSA) is 69.4 Å². The van der Waals surface area contributed by atoms with E-state index < -0.39 is 18.0 Å². The summed E-state index contributed by atoms with van der Waals surface area (Å²) >= 11 is 0. The number of ether oxygens (including phenoxy) is 1. The molecule has 0 aliphatic carbocycles. The summed E-state index contributed by atoms with van der Waals surface area (Å²) in [6, 6.07) is -0.713. The molecule has 0 aromatic carbocycles. The van der Waals surface area contributed by atoms with E-state index in [1.807, 2.05) is 13.8 Å². The molecule has 0 saturated heterocycles. The summed E-state index contributed by atoms with van der Waals surface area (Å²) in [5.41, 5.74) is 5.67. The van der Waals surface area contributed by atoms with Crippen LogP contribution in [0.2, 0.25) is 0 Å². The van der Waals surface area contributed by atoms with Crippen molar-refractivity contribution < 1.29 is 14.3 Å². The van der Waals surface area contributed by atoms with Gasteiger partial charge in [-0.1, -0.05) is 111 Å². The van der Waals surface area contributed by atoms with Gasteiger partial charge in [-0.3, -0.25) is 4.79 Å². The second kappa shape index (κ2) is 21.8. The molecular formula is C23H46NNaO3. The summed E-state index contributed by atoms with van der Waals surface area (Å²) < 4.78 is 4.79. The van der Waals surface area contributed by atoms with Gasteiger partial charge in [-0.25, -0.2) is 4.79 Å². The van der Waals surface area contributed by atoms with Crippen LogP contribution in [0.3, 0.4) is 0 Å². The van der Waals surface area contributed by atoms with E-state index >= 15 is 0 Å². The summed E-state index contributed by atoms with van der Waals surface area (Å²) in [6.07, 6.45) is 19.7. The molecule has 4 nitrogen and oxygen atoms in total. The summed E-state index contributed by atoms with van der Waals surface area (Å²) in [5.74, 6) is -1.06. The number of carbonyl (C=O) groups excluding carboxylic acids is 2. The van der Waals surface area contributed by atoms with Crippen LogP contribution in [-0.2, 0) is 14.3 Å². The Morgan fingerprint density at radius 2 is 1.07 bits per heavy atom. The molecule has 162 valence electrons. The van der Waals surface area contributed by atoms with E-state index in [0.717, 1.165) is 19.3 Å². The Kier molecular flexibility index (Phi) is 23.6. The summed E-state index contributed by atoms with van der Waals surface area (Å²) in [7, 11) is 0. The van der Waals surface area contributed by atoms with Crippen LogP contribution in [-0.4, -0.2) is 47.5 Å². The van der Waals surface area contributed by atoms with E-state index in [1.54, 1.807) is 0 Å². The molecule has 1 atom stereocenters. The van der Waals surface area contributed by atoms with Gasteiger partial charge in [0, 0.05) is 6.42 Å². The summed E-state index contributed by atoms with van der Waals surface area (Å²) in [5, 5.41) is 0. The van der Waals surface area contributed by atoms with Crippen LogP contribution in [0.4, 0.5) is 0 Å². The third-order valence-corrected chi connectivity index (χ3v) is 5.19. The third-order valence-electron chi connectivity index (χ3n) is 5.19. The Hall–Kier alpha value is 0.1000. The first-order valence-electron chi connectivity index (χ1n) is 11.5. The van der Waals surface area contributed by atoms with E-state index in [4.69, 9.17) is 10.5 Å². The predicted molar refractivity (Wildman–Crippen MR) is 121 cm³/mol. The van der Waals surface area contributed by atoms with Gasteiger partial charge >= 0.3 is 41.5 Å². The van der Waals surface area contributed by atoms with Gasteiger partial charge in [0.2, 0.25) is 0 Å². The van der Waals surface area contributed by atoms with Crippen LogP contribution >= 0.6 is 0 Å². The molecule has 0 bridgehead atoms. The Morgan fingerprint density at radius 1 is 0.714 bits per heavy atom. The zero-order valence-electron chi connectivity index (χ0n) is 18.3. The van der Waals surface area contributed by atoms with Crippen LogP contribution in [0.5, 0.6) is 0 Å². The van der Waals surface area contributed by atoms with Crippen molar-refractivity contribution in [1.82, 2.24) is 0 Å². The first kappa shape index (κ1) is 30.3.